The topological polar surface area (TPSA) is 16.4 Å². The summed E-state index contributed by atoms with van der Waals surface area (Å²) in [6.45, 7) is 0. The molecule has 2 nitrogen and oxygen atoms in total. The zero-order valence-corrected chi connectivity index (χ0v) is 30.7. The highest BCUT2D eigenvalue weighted by Crippen LogP contribution is 2.44. The van der Waals surface area contributed by atoms with Crippen LogP contribution in [-0.4, -0.2) is 0 Å². The van der Waals surface area contributed by atoms with Crippen molar-refractivity contribution in [2.24, 2.45) is 0 Å². The van der Waals surface area contributed by atoms with Crippen LogP contribution in [0.25, 0.3) is 77.6 Å². The van der Waals surface area contributed by atoms with Crippen LogP contribution < -0.4 is 4.90 Å². The van der Waals surface area contributed by atoms with E-state index < -0.39 is 0 Å². The number of furan rings is 1. The third-order valence-electron chi connectivity index (χ3n) is 10.7. The van der Waals surface area contributed by atoms with Crippen molar-refractivity contribution in [3.05, 3.63) is 224 Å². The Hall–Kier alpha value is -7.42. The van der Waals surface area contributed by atoms with E-state index in [4.69, 9.17) is 4.42 Å². The van der Waals surface area contributed by atoms with Gasteiger partial charge < -0.3 is 9.32 Å². The van der Waals surface area contributed by atoms with E-state index in [0.717, 1.165) is 56.0 Å². The van der Waals surface area contributed by atoms with E-state index in [1.807, 2.05) is 6.07 Å². The highest BCUT2D eigenvalue weighted by Gasteiger charge is 2.20. The van der Waals surface area contributed by atoms with Crippen molar-refractivity contribution in [2.45, 2.75) is 0 Å². The number of rotatable bonds is 8. The molecule has 0 spiro atoms. The fourth-order valence-electron chi connectivity index (χ4n) is 8.04. The minimum absolute atomic E-state index is 0.862. The standard InChI is InChI=1S/C54H37NO/c1-3-17-39(18-4-1)47-24-9-11-26-49(47)50-27-12-10-25-48(50)40-31-33-44(34-32-40)55(46-35-30-38-16-7-8-21-42(38)36-46)45-23-15-22-43(37-45)54-53(41-19-5-2-6-20-41)51-28-13-14-29-52(51)56-54/h1-37H. The lowest BCUT2D eigenvalue weighted by Gasteiger charge is -2.26. The van der Waals surface area contributed by atoms with E-state index in [-0.39, 0.29) is 0 Å². The Morgan fingerprint density at radius 3 is 1.54 bits per heavy atom. The summed E-state index contributed by atoms with van der Waals surface area (Å²) in [5.41, 5.74) is 14.5. The smallest absolute Gasteiger partial charge is 0.143 e. The van der Waals surface area contributed by atoms with E-state index >= 15 is 0 Å². The highest BCUT2D eigenvalue weighted by molar-refractivity contribution is 6.02. The lowest BCUT2D eigenvalue weighted by atomic mass is 9.89. The summed E-state index contributed by atoms with van der Waals surface area (Å²) in [6.07, 6.45) is 0. The SMILES string of the molecule is c1ccc(-c2ccccc2-c2ccccc2-c2ccc(N(c3cccc(-c4oc5ccccc5c4-c4ccccc4)c3)c3ccc4ccccc4c3)cc2)cc1. The normalized spacial score (nSPS) is 11.2. The van der Waals surface area contributed by atoms with Crippen LogP contribution in [0.5, 0.6) is 0 Å². The zero-order valence-electron chi connectivity index (χ0n) is 30.7. The van der Waals surface area contributed by atoms with Crippen molar-refractivity contribution in [3.63, 3.8) is 0 Å². The first-order valence-electron chi connectivity index (χ1n) is 19.1. The van der Waals surface area contributed by atoms with Gasteiger partial charge in [-0.1, -0.05) is 182 Å². The Labute approximate surface area is 327 Å². The molecule has 10 rings (SSSR count). The lowest BCUT2D eigenvalue weighted by Crippen LogP contribution is -2.10. The molecular formula is C54H37NO. The van der Waals surface area contributed by atoms with Crippen molar-refractivity contribution >= 4 is 38.8 Å². The predicted octanol–water partition coefficient (Wildman–Crippen LogP) is 15.4. The summed E-state index contributed by atoms with van der Waals surface area (Å²) >= 11 is 0. The van der Waals surface area contributed by atoms with Crippen molar-refractivity contribution in [1.82, 2.24) is 0 Å². The maximum absolute atomic E-state index is 6.67. The largest absolute Gasteiger partial charge is 0.455 e. The van der Waals surface area contributed by atoms with E-state index in [9.17, 15) is 0 Å². The van der Waals surface area contributed by atoms with Crippen molar-refractivity contribution in [2.75, 3.05) is 4.90 Å². The van der Waals surface area contributed by atoms with Gasteiger partial charge in [0.05, 0.1) is 0 Å². The molecule has 1 aromatic heterocycles. The van der Waals surface area contributed by atoms with Crippen LogP contribution in [0.4, 0.5) is 17.1 Å². The molecule has 0 radical (unpaired) electrons. The minimum Gasteiger partial charge on any atom is -0.455 e. The van der Waals surface area contributed by atoms with E-state index in [1.54, 1.807) is 0 Å². The Balaban J connectivity index is 1.10. The monoisotopic (exact) mass is 715 g/mol. The van der Waals surface area contributed by atoms with E-state index in [2.05, 4.69) is 223 Å². The summed E-state index contributed by atoms with van der Waals surface area (Å²) in [4.78, 5) is 2.35. The summed E-state index contributed by atoms with van der Waals surface area (Å²) in [6, 6.07) is 79.9. The predicted molar refractivity (Wildman–Crippen MR) is 236 cm³/mol. The van der Waals surface area contributed by atoms with Crippen molar-refractivity contribution in [3.8, 4) is 55.8 Å². The summed E-state index contributed by atoms with van der Waals surface area (Å²) in [5.74, 6) is 0.862. The first-order chi connectivity index (χ1) is 27.8. The maximum Gasteiger partial charge on any atom is 0.143 e. The molecule has 0 aliphatic heterocycles. The molecule has 0 aliphatic rings. The van der Waals surface area contributed by atoms with Crippen LogP contribution in [0, 0.1) is 0 Å². The van der Waals surface area contributed by atoms with Crippen molar-refractivity contribution in [1.29, 1.82) is 0 Å². The molecule has 0 aliphatic carbocycles. The molecule has 0 bridgehead atoms. The molecule has 0 unspecified atom stereocenters. The second-order valence-electron chi connectivity index (χ2n) is 14.1. The van der Waals surface area contributed by atoms with Crippen LogP contribution >= 0.6 is 0 Å². The average Bonchev–Trinajstić information content (AvgIpc) is 3.67. The van der Waals surface area contributed by atoms with Crippen LogP contribution in [-0.2, 0) is 0 Å². The number of anilines is 3. The van der Waals surface area contributed by atoms with Gasteiger partial charge in [0.25, 0.3) is 0 Å². The summed E-state index contributed by atoms with van der Waals surface area (Å²) < 4.78 is 6.67. The van der Waals surface area contributed by atoms with Gasteiger partial charge in [0.1, 0.15) is 11.3 Å². The molecule has 9 aromatic carbocycles. The molecule has 0 amide bonds. The Kier molecular flexibility index (Phi) is 8.55. The average molecular weight is 716 g/mol. The fourth-order valence-corrected chi connectivity index (χ4v) is 8.04. The quantitative estimate of drug-likeness (QED) is 0.156. The van der Waals surface area contributed by atoms with Gasteiger partial charge in [0, 0.05) is 33.6 Å². The number of benzene rings is 9. The van der Waals surface area contributed by atoms with Crippen LogP contribution in [0.3, 0.4) is 0 Å². The minimum atomic E-state index is 0.862. The van der Waals surface area contributed by atoms with Gasteiger partial charge in [-0.05, 0) is 92.2 Å². The number of fused-ring (bicyclic) bond motifs is 2. The molecule has 0 atom stereocenters. The van der Waals surface area contributed by atoms with Crippen LogP contribution in [0.1, 0.15) is 0 Å². The number of para-hydroxylation sites is 1. The van der Waals surface area contributed by atoms with Gasteiger partial charge >= 0.3 is 0 Å². The molecule has 2 heteroatoms. The fraction of sp³-hybridized carbons (Fsp3) is 0. The molecular weight excluding hydrogens is 679 g/mol. The third-order valence-corrected chi connectivity index (χ3v) is 10.7. The lowest BCUT2D eigenvalue weighted by molar-refractivity contribution is 0.632. The molecule has 10 aromatic rings. The Morgan fingerprint density at radius 1 is 0.304 bits per heavy atom. The highest BCUT2D eigenvalue weighted by atomic mass is 16.3. The molecule has 1 heterocycles. The first-order valence-corrected chi connectivity index (χ1v) is 19.1. The first kappa shape index (κ1) is 33.2. The number of nitrogens with zero attached hydrogens (tertiary/aromatic N) is 1. The van der Waals surface area contributed by atoms with Crippen LogP contribution in [0.15, 0.2) is 229 Å². The molecule has 264 valence electrons. The maximum atomic E-state index is 6.67. The molecule has 0 saturated carbocycles. The van der Waals surface area contributed by atoms with Gasteiger partial charge in [-0.3, -0.25) is 0 Å². The molecule has 0 saturated heterocycles. The summed E-state index contributed by atoms with van der Waals surface area (Å²) in [5, 5.41) is 3.51. The van der Waals surface area contributed by atoms with Gasteiger partial charge in [-0.15, -0.1) is 0 Å². The zero-order chi connectivity index (χ0) is 37.3. The van der Waals surface area contributed by atoms with Gasteiger partial charge in [0.15, 0.2) is 0 Å². The van der Waals surface area contributed by atoms with Gasteiger partial charge in [-0.25, -0.2) is 0 Å². The summed E-state index contributed by atoms with van der Waals surface area (Å²) in [7, 11) is 0. The van der Waals surface area contributed by atoms with Gasteiger partial charge in [0.2, 0.25) is 0 Å². The van der Waals surface area contributed by atoms with E-state index in [0.29, 0.717) is 0 Å². The number of hydrogen-bond acceptors (Lipinski definition) is 2. The van der Waals surface area contributed by atoms with Crippen molar-refractivity contribution < 1.29 is 4.42 Å². The second-order valence-corrected chi connectivity index (χ2v) is 14.1. The molecule has 56 heavy (non-hydrogen) atoms. The Morgan fingerprint density at radius 2 is 0.821 bits per heavy atom. The third kappa shape index (κ3) is 6.14. The molecule has 0 N–H and O–H groups in total. The Bertz CT molecular complexity index is 2960. The second kappa shape index (κ2) is 14.4. The van der Waals surface area contributed by atoms with E-state index in [1.165, 1.54) is 38.6 Å². The van der Waals surface area contributed by atoms with Crippen LogP contribution in [0.2, 0.25) is 0 Å². The number of hydrogen-bond donors (Lipinski definition) is 0. The molecule has 0 fully saturated rings. The van der Waals surface area contributed by atoms with Gasteiger partial charge in [-0.2, -0.15) is 0 Å².